The molecule has 0 spiro atoms. The lowest BCUT2D eigenvalue weighted by molar-refractivity contribution is 0.210. The Morgan fingerprint density at radius 1 is 1.40 bits per heavy atom. The molecular formula is C13H21NO. The molecule has 15 heavy (non-hydrogen) atoms. The summed E-state index contributed by atoms with van der Waals surface area (Å²) in [5, 5.41) is 3.13. The Morgan fingerprint density at radius 2 is 2.20 bits per heavy atom. The minimum atomic E-state index is 0.305. The average Bonchev–Trinajstić information content (AvgIpc) is 2.19. The number of hydrogen-bond acceptors (Lipinski definition) is 2. The van der Waals surface area contributed by atoms with Crippen LogP contribution in [0.25, 0.3) is 0 Å². The van der Waals surface area contributed by atoms with Crippen molar-refractivity contribution in [3.63, 3.8) is 0 Å². The van der Waals surface area contributed by atoms with Crippen LogP contribution >= 0.6 is 0 Å². The molecule has 0 heterocycles. The molecule has 0 saturated carbocycles. The van der Waals surface area contributed by atoms with Gasteiger partial charge in [-0.05, 0) is 38.1 Å². The van der Waals surface area contributed by atoms with Crippen LogP contribution in [0.3, 0.4) is 0 Å². The molecule has 0 amide bonds. The molecule has 84 valence electrons. The molecule has 1 rings (SSSR count). The molecule has 1 aromatic rings. The van der Waals surface area contributed by atoms with Crippen LogP contribution in [0.4, 0.5) is 0 Å². The molecule has 0 aromatic heterocycles. The van der Waals surface area contributed by atoms with Gasteiger partial charge in [0.2, 0.25) is 0 Å². The third-order valence-electron chi connectivity index (χ3n) is 2.31. The molecule has 0 saturated heterocycles. The van der Waals surface area contributed by atoms with Gasteiger partial charge in [0.1, 0.15) is 5.75 Å². The molecule has 1 unspecified atom stereocenters. The maximum atomic E-state index is 5.81. The summed E-state index contributed by atoms with van der Waals surface area (Å²) in [5.41, 5.74) is 1.26. The van der Waals surface area contributed by atoms with Crippen LogP contribution in [0.2, 0.25) is 0 Å². The van der Waals surface area contributed by atoms with E-state index in [4.69, 9.17) is 4.74 Å². The van der Waals surface area contributed by atoms with Crippen molar-refractivity contribution in [1.29, 1.82) is 0 Å². The standard InChI is InChI=1S/C13H21NO/c1-4-6-11(2)15-13-8-5-7-12(9-13)10-14-3/h5,7-9,11,14H,4,6,10H2,1-3H3. The van der Waals surface area contributed by atoms with E-state index in [0.29, 0.717) is 6.10 Å². The van der Waals surface area contributed by atoms with Crippen LogP contribution < -0.4 is 10.1 Å². The molecule has 2 nitrogen and oxygen atoms in total. The van der Waals surface area contributed by atoms with Gasteiger partial charge in [-0.2, -0.15) is 0 Å². The Hall–Kier alpha value is -1.02. The van der Waals surface area contributed by atoms with Gasteiger partial charge >= 0.3 is 0 Å². The highest BCUT2D eigenvalue weighted by molar-refractivity contribution is 5.28. The quantitative estimate of drug-likeness (QED) is 0.774. The maximum absolute atomic E-state index is 5.81. The summed E-state index contributed by atoms with van der Waals surface area (Å²) in [6, 6.07) is 8.27. The Kier molecular flexibility index (Phi) is 5.19. The second-order valence-corrected chi connectivity index (χ2v) is 3.89. The smallest absolute Gasteiger partial charge is 0.120 e. The van der Waals surface area contributed by atoms with E-state index in [0.717, 1.165) is 25.1 Å². The first-order valence-corrected chi connectivity index (χ1v) is 5.66. The monoisotopic (exact) mass is 207 g/mol. The van der Waals surface area contributed by atoms with Gasteiger partial charge in [0.15, 0.2) is 0 Å². The van der Waals surface area contributed by atoms with E-state index in [9.17, 15) is 0 Å². The number of benzene rings is 1. The van der Waals surface area contributed by atoms with E-state index in [-0.39, 0.29) is 0 Å². The summed E-state index contributed by atoms with van der Waals surface area (Å²) in [6.07, 6.45) is 2.58. The summed E-state index contributed by atoms with van der Waals surface area (Å²) >= 11 is 0. The molecule has 0 fully saturated rings. The fraction of sp³-hybridized carbons (Fsp3) is 0.538. The predicted octanol–water partition coefficient (Wildman–Crippen LogP) is 2.97. The van der Waals surface area contributed by atoms with E-state index in [1.807, 2.05) is 19.2 Å². The topological polar surface area (TPSA) is 21.3 Å². The van der Waals surface area contributed by atoms with Crippen LogP contribution in [0, 0.1) is 0 Å². The maximum Gasteiger partial charge on any atom is 0.120 e. The van der Waals surface area contributed by atoms with Gasteiger partial charge in [-0.25, -0.2) is 0 Å². The van der Waals surface area contributed by atoms with Gasteiger partial charge in [-0.3, -0.25) is 0 Å². The Bertz CT molecular complexity index is 286. The van der Waals surface area contributed by atoms with Gasteiger partial charge in [0.25, 0.3) is 0 Å². The zero-order valence-corrected chi connectivity index (χ0v) is 9.92. The molecule has 2 heteroatoms. The highest BCUT2D eigenvalue weighted by Gasteiger charge is 2.02. The first kappa shape index (κ1) is 12.1. The lowest BCUT2D eigenvalue weighted by Gasteiger charge is -2.14. The molecule has 0 radical (unpaired) electrons. The molecule has 0 aliphatic heterocycles. The number of hydrogen-bond donors (Lipinski definition) is 1. The zero-order valence-electron chi connectivity index (χ0n) is 9.92. The van der Waals surface area contributed by atoms with Gasteiger partial charge in [-0.1, -0.05) is 25.5 Å². The molecular weight excluding hydrogens is 186 g/mol. The fourth-order valence-corrected chi connectivity index (χ4v) is 1.63. The number of rotatable bonds is 6. The third-order valence-corrected chi connectivity index (χ3v) is 2.31. The molecule has 1 aromatic carbocycles. The Morgan fingerprint density at radius 3 is 2.87 bits per heavy atom. The van der Waals surface area contributed by atoms with E-state index in [2.05, 4.69) is 31.3 Å². The SMILES string of the molecule is CCCC(C)Oc1cccc(CNC)c1. The summed E-state index contributed by atoms with van der Waals surface area (Å²) in [4.78, 5) is 0. The summed E-state index contributed by atoms with van der Waals surface area (Å²) in [5.74, 6) is 0.976. The second kappa shape index (κ2) is 6.46. The van der Waals surface area contributed by atoms with Crippen molar-refractivity contribution in [3.8, 4) is 5.75 Å². The van der Waals surface area contributed by atoms with Crippen molar-refractivity contribution < 1.29 is 4.74 Å². The number of ether oxygens (including phenoxy) is 1. The van der Waals surface area contributed by atoms with Crippen LogP contribution in [0.1, 0.15) is 32.3 Å². The van der Waals surface area contributed by atoms with Gasteiger partial charge in [0.05, 0.1) is 6.10 Å². The first-order valence-electron chi connectivity index (χ1n) is 5.66. The van der Waals surface area contributed by atoms with Crippen LogP contribution in [0.5, 0.6) is 5.75 Å². The summed E-state index contributed by atoms with van der Waals surface area (Å²) < 4.78 is 5.81. The Balaban J connectivity index is 2.56. The normalized spacial score (nSPS) is 12.5. The third kappa shape index (κ3) is 4.34. The van der Waals surface area contributed by atoms with Gasteiger partial charge in [-0.15, -0.1) is 0 Å². The predicted molar refractivity (Wildman–Crippen MR) is 64.2 cm³/mol. The van der Waals surface area contributed by atoms with Crippen LogP contribution in [-0.2, 0) is 6.54 Å². The van der Waals surface area contributed by atoms with Gasteiger partial charge < -0.3 is 10.1 Å². The molecule has 1 atom stereocenters. The van der Waals surface area contributed by atoms with E-state index in [1.165, 1.54) is 5.56 Å². The summed E-state index contributed by atoms with van der Waals surface area (Å²) in [7, 11) is 1.95. The molecule has 0 aliphatic rings. The van der Waals surface area contributed by atoms with Gasteiger partial charge in [0, 0.05) is 6.54 Å². The second-order valence-electron chi connectivity index (χ2n) is 3.89. The minimum absolute atomic E-state index is 0.305. The van der Waals surface area contributed by atoms with Crippen molar-refractivity contribution in [3.05, 3.63) is 29.8 Å². The van der Waals surface area contributed by atoms with Crippen LogP contribution in [0.15, 0.2) is 24.3 Å². The minimum Gasteiger partial charge on any atom is -0.491 e. The molecule has 1 N–H and O–H groups in total. The number of nitrogens with one attached hydrogen (secondary N) is 1. The van der Waals surface area contributed by atoms with Crippen molar-refractivity contribution in [2.75, 3.05) is 7.05 Å². The highest BCUT2D eigenvalue weighted by atomic mass is 16.5. The van der Waals surface area contributed by atoms with Crippen molar-refractivity contribution in [2.24, 2.45) is 0 Å². The summed E-state index contributed by atoms with van der Waals surface area (Å²) in [6.45, 7) is 5.19. The lowest BCUT2D eigenvalue weighted by atomic mass is 10.2. The average molecular weight is 207 g/mol. The van der Waals surface area contributed by atoms with Crippen molar-refractivity contribution in [1.82, 2.24) is 5.32 Å². The Labute approximate surface area is 92.6 Å². The van der Waals surface area contributed by atoms with Crippen molar-refractivity contribution in [2.45, 2.75) is 39.3 Å². The van der Waals surface area contributed by atoms with E-state index < -0.39 is 0 Å². The molecule has 0 bridgehead atoms. The zero-order chi connectivity index (χ0) is 11.1. The van der Waals surface area contributed by atoms with E-state index >= 15 is 0 Å². The highest BCUT2D eigenvalue weighted by Crippen LogP contribution is 2.16. The first-order chi connectivity index (χ1) is 7.26. The fourth-order valence-electron chi connectivity index (χ4n) is 1.63. The van der Waals surface area contributed by atoms with Crippen molar-refractivity contribution >= 4 is 0 Å². The molecule has 0 aliphatic carbocycles. The lowest BCUT2D eigenvalue weighted by Crippen LogP contribution is -2.11. The largest absolute Gasteiger partial charge is 0.491 e. The van der Waals surface area contributed by atoms with E-state index in [1.54, 1.807) is 0 Å². The van der Waals surface area contributed by atoms with Crippen LogP contribution in [-0.4, -0.2) is 13.2 Å².